The zero-order valence-corrected chi connectivity index (χ0v) is 11.9. The van der Waals surface area contributed by atoms with E-state index in [-0.39, 0.29) is 0 Å². The summed E-state index contributed by atoms with van der Waals surface area (Å²) in [6.07, 6.45) is 0. The van der Waals surface area contributed by atoms with Crippen molar-refractivity contribution in [1.29, 1.82) is 0 Å². The van der Waals surface area contributed by atoms with E-state index in [1.165, 1.54) is 5.56 Å². The summed E-state index contributed by atoms with van der Waals surface area (Å²) in [6, 6.07) is 12.1. The van der Waals surface area contributed by atoms with Crippen LogP contribution in [0.2, 0.25) is 0 Å². The second-order valence-corrected chi connectivity index (χ2v) is 5.25. The summed E-state index contributed by atoms with van der Waals surface area (Å²) in [5, 5.41) is 0. The van der Waals surface area contributed by atoms with Crippen LogP contribution in [0.1, 0.15) is 18.1 Å². The molecule has 0 saturated carbocycles. The molecular formula is C17H14N2O2. The van der Waals surface area contributed by atoms with Gasteiger partial charge in [-0.2, -0.15) is 0 Å². The van der Waals surface area contributed by atoms with Gasteiger partial charge in [0.15, 0.2) is 11.5 Å². The number of oxazole rings is 1. The van der Waals surface area contributed by atoms with Crippen molar-refractivity contribution in [2.75, 3.05) is 0 Å². The fourth-order valence-electron chi connectivity index (χ4n) is 2.43. The molecule has 0 bridgehead atoms. The fourth-order valence-corrected chi connectivity index (χ4v) is 2.43. The first kappa shape index (κ1) is 12.1. The quantitative estimate of drug-likeness (QED) is 0.663. The van der Waals surface area contributed by atoms with Crippen LogP contribution < -0.4 is 0 Å². The van der Waals surface area contributed by atoms with Crippen LogP contribution in [0.3, 0.4) is 0 Å². The lowest BCUT2D eigenvalue weighted by Crippen LogP contribution is -2.05. The number of hydrogen-bond acceptors (Lipinski definition) is 4. The highest BCUT2D eigenvalue weighted by Gasteiger charge is 2.15. The standard InChI is InChI=1S/C17H14N2O2/c1-10-3-5-12(6-4-10)17-19-15-8-14-13(7-16(15)21-17)9-20-11(2)18-14/h3-8H,9H2,1-2H3. The molecule has 0 radical (unpaired) electrons. The smallest absolute Gasteiger partial charge is 0.227 e. The first-order chi connectivity index (χ1) is 10.2. The molecule has 1 aliphatic heterocycles. The molecule has 3 aromatic rings. The van der Waals surface area contributed by atoms with Crippen molar-refractivity contribution >= 4 is 22.7 Å². The average Bonchev–Trinajstić information content (AvgIpc) is 2.88. The number of hydrogen-bond donors (Lipinski definition) is 0. The van der Waals surface area contributed by atoms with Crippen LogP contribution in [-0.4, -0.2) is 10.9 Å². The van der Waals surface area contributed by atoms with E-state index in [1.807, 2.05) is 31.2 Å². The van der Waals surface area contributed by atoms with Crippen molar-refractivity contribution in [3.63, 3.8) is 0 Å². The minimum absolute atomic E-state index is 0.529. The number of aromatic nitrogens is 1. The molecule has 0 aliphatic carbocycles. The number of aryl methyl sites for hydroxylation is 1. The molecule has 21 heavy (non-hydrogen) atoms. The fraction of sp³-hybridized carbons (Fsp3) is 0.176. The molecule has 0 N–H and O–H groups in total. The van der Waals surface area contributed by atoms with Crippen molar-refractivity contribution in [2.45, 2.75) is 20.5 Å². The van der Waals surface area contributed by atoms with Gasteiger partial charge in [0.25, 0.3) is 0 Å². The van der Waals surface area contributed by atoms with E-state index in [4.69, 9.17) is 9.15 Å². The molecule has 4 nitrogen and oxygen atoms in total. The molecule has 1 aliphatic rings. The summed E-state index contributed by atoms with van der Waals surface area (Å²) in [7, 11) is 0. The van der Waals surface area contributed by atoms with Gasteiger partial charge in [-0.05, 0) is 31.2 Å². The van der Waals surface area contributed by atoms with Gasteiger partial charge in [-0.3, -0.25) is 0 Å². The molecule has 4 rings (SSSR count). The molecule has 2 heterocycles. The monoisotopic (exact) mass is 278 g/mol. The normalized spacial score (nSPS) is 13.7. The third-order valence-electron chi connectivity index (χ3n) is 3.60. The molecule has 0 unspecified atom stereocenters. The predicted octanol–water partition coefficient (Wildman–Crippen LogP) is 4.38. The molecular weight excluding hydrogens is 264 g/mol. The number of benzene rings is 2. The van der Waals surface area contributed by atoms with Gasteiger partial charge in [-0.15, -0.1) is 0 Å². The number of nitrogens with zero attached hydrogens (tertiary/aromatic N) is 2. The average molecular weight is 278 g/mol. The van der Waals surface area contributed by atoms with Gasteiger partial charge in [-0.1, -0.05) is 17.7 Å². The van der Waals surface area contributed by atoms with Crippen LogP contribution in [0.25, 0.3) is 22.6 Å². The maximum absolute atomic E-state index is 5.87. The summed E-state index contributed by atoms with van der Waals surface area (Å²) < 4.78 is 11.3. The Bertz CT molecular complexity index is 860. The van der Waals surface area contributed by atoms with E-state index in [2.05, 4.69) is 29.0 Å². The van der Waals surface area contributed by atoms with Crippen molar-refractivity contribution in [3.8, 4) is 11.5 Å². The number of fused-ring (bicyclic) bond motifs is 2. The Balaban J connectivity index is 1.85. The van der Waals surface area contributed by atoms with E-state index in [0.29, 0.717) is 18.4 Å². The molecule has 0 saturated heterocycles. The Hall–Kier alpha value is -2.62. The first-order valence-electron chi connectivity index (χ1n) is 6.88. The van der Waals surface area contributed by atoms with Crippen LogP contribution in [0.5, 0.6) is 0 Å². The first-order valence-corrected chi connectivity index (χ1v) is 6.88. The van der Waals surface area contributed by atoms with E-state index in [1.54, 1.807) is 0 Å². The van der Waals surface area contributed by atoms with Gasteiger partial charge >= 0.3 is 0 Å². The molecule has 1 aromatic heterocycles. The predicted molar refractivity (Wildman–Crippen MR) is 81.7 cm³/mol. The maximum atomic E-state index is 5.87. The van der Waals surface area contributed by atoms with Crippen molar-refractivity contribution < 1.29 is 9.15 Å². The zero-order valence-electron chi connectivity index (χ0n) is 11.9. The van der Waals surface area contributed by atoms with Crippen LogP contribution >= 0.6 is 0 Å². The van der Waals surface area contributed by atoms with E-state index in [9.17, 15) is 0 Å². The summed E-state index contributed by atoms with van der Waals surface area (Å²) >= 11 is 0. The number of ether oxygens (including phenoxy) is 1. The molecule has 2 aromatic carbocycles. The molecule has 4 heteroatoms. The molecule has 104 valence electrons. The van der Waals surface area contributed by atoms with E-state index >= 15 is 0 Å². The second kappa shape index (κ2) is 4.45. The minimum Gasteiger partial charge on any atom is -0.476 e. The van der Waals surface area contributed by atoms with Crippen LogP contribution in [0.4, 0.5) is 5.69 Å². The van der Waals surface area contributed by atoms with Gasteiger partial charge in [0.1, 0.15) is 12.1 Å². The Morgan fingerprint density at radius 1 is 1.05 bits per heavy atom. The zero-order chi connectivity index (χ0) is 14.4. The summed E-state index contributed by atoms with van der Waals surface area (Å²) in [4.78, 5) is 8.97. The van der Waals surface area contributed by atoms with Gasteiger partial charge < -0.3 is 9.15 Å². The van der Waals surface area contributed by atoms with Gasteiger partial charge in [0.05, 0.1) is 5.69 Å². The third-order valence-corrected chi connectivity index (χ3v) is 3.60. The molecule has 0 spiro atoms. The molecule has 0 fully saturated rings. The van der Waals surface area contributed by atoms with Crippen molar-refractivity contribution in [2.24, 2.45) is 4.99 Å². The topological polar surface area (TPSA) is 47.6 Å². The van der Waals surface area contributed by atoms with E-state index < -0.39 is 0 Å². The lowest BCUT2D eigenvalue weighted by atomic mass is 10.1. The summed E-state index contributed by atoms with van der Waals surface area (Å²) in [6.45, 7) is 4.44. The largest absolute Gasteiger partial charge is 0.476 e. The van der Waals surface area contributed by atoms with Crippen molar-refractivity contribution in [1.82, 2.24) is 4.98 Å². The number of aliphatic imine (C=N–C) groups is 1. The Labute approximate surface area is 122 Å². The highest BCUT2D eigenvalue weighted by atomic mass is 16.5. The highest BCUT2D eigenvalue weighted by molar-refractivity contribution is 5.85. The Morgan fingerprint density at radius 2 is 1.86 bits per heavy atom. The van der Waals surface area contributed by atoms with Gasteiger partial charge in [-0.25, -0.2) is 9.98 Å². The van der Waals surface area contributed by atoms with Gasteiger partial charge in [0.2, 0.25) is 5.89 Å². The SMILES string of the molecule is CC1=Nc2cc3nc(-c4ccc(C)cc4)oc3cc2CO1. The minimum atomic E-state index is 0.529. The van der Waals surface area contributed by atoms with Crippen LogP contribution in [-0.2, 0) is 11.3 Å². The third kappa shape index (κ3) is 2.09. The second-order valence-electron chi connectivity index (χ2n) is 5.25. The molecule has 0 atom stereocenters. The molecule has 0 amide bonds. The van der Waals surface area contributed by atoms with Crippen LogP contribution in [0.15, 0.2) is 45.8 Å². The summed E-state index contributed by atoms with van der Waals surface area (Å²) in [5.74, 6) is 1.32. The number of rotatable bonds is 1. The Morgan fingerprint density at radius 3 is 2.67 bits per heavy atom. The maximum Gasteiger partial charge on any atom is 0.227 e. The van der Waals surface area contributed by atoms with E-state index in [0.717, 1.165) is 27.9 Å². The Kier molecular flexibility index (Phi) is 2.57. The lowest BCUT2D eigenvalue weighted by molar-refractivity contribution is 0.284. The van der Waals surface area contributed by atoms with Crippen molar-refractivity contribution in [3.05, 3.63) is 47.5 Å². The highest BCUT2D eigenvalue weighted by Crippen LogP contribution is 2.32. The van der Waals surface area contributed by atoms with Gasteiger partial charge in [0, 0.05) is 18.1 Å². The lowest BCUT2D eigenvalue weighted by Gasteiger charge is -2.13. The summed E-state index contributed by atoms with van der Waals surface area (Å²) in [5.41, 5.74) is 5.72. The van der Waals surface area contributed by atoms with Crippen LogP contribution in [0, 0.1) is 6.92 Å².